The lowest BCUT2D eigenvalue weighted by Gasteiger charge is -2.09. The van der Waals surface area contributed by atoms with Crippen molar-refractivity contribution in [1.29, 1.82) is 5.26 Å². The van der Waals surface area contributed by atoms with Crippen LogP contribution in [-0.4, -0.2) is 13.2 Å². The Morgan fingerprint density at radius 2 is 1.65 bits per heavy atom. The second-order valence-electron chi connectivity index (χ2n) is 4.47. The van der Waals surface area contributed by atoms with Crippen molar-refractivity contribution in [2.24, 2.45) is 0 Å². The van der Waals surface area contributed by atoms with E-state index >= 15 is 0 Å². The molecule has 0 saturated heterocycles. The molecule has 3 heteroatoms. The fraction of sp³-hybridized carbons (Fsp3) is 0.235. The zero-order valence-electron chi connectivity index (χ0n) is 11.5. The maximum absolute atomic E-state index is 8.94. The smallest absolute Gasteiger partial charge is 0.137 e. The molecule has 0 aliphatic carbocycles. The molecule has 3 nitrogen and oxygen atoms in total. The standard InChI is InChI=1S/C17H17NO2/c1-14-7-9-16(10-8-14)19-11-4-12-20-17-6-3-2-5-15(17)13-18/h2-3,5-10H,4,11-12H2,1H3. The average Bonchev–Trinajstić information content (AvgIpc) is 2.49. The number of ether oxygens (including phenoxy) is 2. The van der Waals surface area contributed by atoms with E-state index in [1.54, 1.807) is 12.1 Å². The summed E-state index contributed by atoms with van der Waals surface area (Å²) < 4.78 is 11.2. The predicted molar refractivity (Wildman–Crippen MR) is 77.9 cm³/mol. The minimum atomic E-state index is 0.532. The van der Waals surface area contributed by atoms with Gasteiger partial charge in [-0.05, 0) is 31.2 Å². The maximum atomic E-state index is 8.94. The van der Waals surface area contributed by atoms with Gasteiger partial charge in [0.25, 0.3) is 0 Å². The second-order valence-corrected chi connectivity index (χ2v) is 4.47. The highest BCUT2D eigenvalue weighted by Crippen LogP contribution is 2.16. The third kappa shape index (κ3) is 4.03. The Labute approximate surface area is 119 Å². The molecular weight excluding hydrogens is 250 g/mol. The van der Waals surface area contributed by atoms with Gasteiger partial charge in [0.15, 0.2) is 0 Å². The minimum absolute atomic E-state index is 0.532. The molecule has 0 saturated carbocycles. The van der Waals surface area contributed by atoms with Crippen LogP contribution in [0.5, 0.6) is 11.5 Å². The summed E-state index contributed by atoms with van der Waals surface area (Å²) in [6.07, 6.45) is 0.771. The van der Waals surface area contributed by atoms with E-state index in [1.807, 2.05) is 43.3 Å². The van der Waals surface area contributed by atoms with E-state index in [1.165, 1.54) is 5.56 Å². The highest BCUT2D eigenvalue weighted by molar-refractivity contribution is 5.42. The molecule has 0 aliphatic rings. The van der Waals surface area contributed by atoms with Gasteiger partial charge in [-0.15, -0.1) is 0 Å². The number of hydrogen-bond donors (Lipinski definition) is 0. The van der Waals surface area contributed by atoms with Gasteiger partial charge in [-0.3, -0.25) is 0 Å². The highest BCUT2D eigenvalue weighted by Gasteiger charge is 2.01. The van der Waals surface area contributed by atoms with Crippen molar-refractivity contribution in [1.82, 2.24) is 0 Å². The van der Waals surface area contributed by atoms with Crippen LogP contribution in [0.4, 0.5) is 0 Å². The predicted octanol–water partition coefficient (Wildman–Crippen LogP) is 3.71. The van der Waals surface area contributed by atoms with E-state index in [9.17, 15) is 0 Å². The summed E-state index contributed by atoms with van der Waals surface area (Å²) in [4.78, 5) is 0. The van der Waals surface area contributed by atoms with E-state index in [0.29, 0.717) is 24.5 Å². The zero-order chi connectivity index (χ0) is 14.2. The molecule has 0 aromatic heterocycles. The number of para-hydroxylation sites is 1. The molecule has 0 atom stereocenters. The van der Waals surface area contributed by atoms with Crippen molar-refractivity contribution in [2.75, 3.05) is 13.2 Å². The molecule has 0 unspecified atom stereocenters. The Morgan fingerprint density at radius 3 is 2.40 bits per heavy atom. The van der Waals surface area contributed by atoms with E-state index < -0.39 is 0 Å². The van der Waals surface area contributed by atoms with Crippen molar-refractivity contribution in [3.05, 3.63) is 59.7 Å². The molecule has 0 N–H and O–H groups in total. The van der Waals surface area contributed by atoms with Crippen LogP contribution < -0.4 is 9.47 Å². The lowest BCUT2D eigenvalue weighted by atomic mass is 10.2. The lowest BCUT2D eigenvalue weighted by molar-refractivity contribution is 0.247. The molecule has 2 rings (SSSR count). The van der Waals surface area contributed by atoms with Gasteiger partial charge < -0.3 is 9.47 Å². The van der Waals surface area contributed by atoms with E-state index in [4.69, 9.17) is 14.7 Å². The number of rotatable bonds is 6. The largest absolute Gasteiger partial charge is 0.493 e. The van der Waals surface area contributed by atoms with Gasteiger partial charge in [0.2, 0.25) is 0 Å². The zero-order valence-corrected chi connectivity index (χ0v) is 11.5. The molecule has 0 heterocycles. The van der Waals surface area contributed by atoms with Gasteiger partial charge in [0.05, 0.1) is 18.8 Å². The Hall–Kier alpha value is -2.47. The van der Waals surface area contributed by atoms with E-state index in [0.717, 1.165) is 12.2 Å². The molecule has 0 spiro atoms. The summed E-state index contributed by atoms with van der Waals surface area (Å²) in [5.74, 6) is 1.50. The number of nitrogens with zero attached hydrogens (tertiary/aromatic N) is 1. The first kappa shape index (κ1) is 14.0. The van der Waals surface area contributed by atoms with E-state index in [2.05, 4.69) is 6.07 Å². The molecule has 0 amide bonds. The molecule has 0 aliphatic heterocycles. The summed E-state index contributed by atoms with van der Waals surface area (Å²) in [5, 5.41) is 8.94. The molecule has 0 fully saturated rings. The van der Waals surface area contributed by atoms with E-state index in [-0.39, 0.29) is 0 Å². The van der Waals surface area contributed by atoms with Gasteiger partial charge in [-0.2, -0.15) is 5.26 Å². The minimum Gasteiger partial charge on any atom is -0.493 e. The van der Waals surface area contributed by atoms with Crippen molar-refractivity contribution in [3.63, 3.8) is 0 Å². The van der Waals surface area contributed by atoms with Crippen molar-refractivity contribution < 1.29 is 9.47 Å². The molecule has 0 radical (unpaired) electrons. The van der Waals surface area contributed by atoms with Gasteiger partial charge in [0.1, 0.15) is 17.6 Å². The van der Waals surface area contributed by atoms with Gasteiger partial charge >= 0.3 is 0 Å². The molecule has 2 aromatic carbocycles. The molecule has 102 valence electrons. The third-order valence-electron chi connectivity index (χ3n) is 2.84. The van der Waals surface area contributed by atoms with Crippen LogP contribution in [0, 0.1) is 18.3 Å². The third-order valence-corrected chi connectivity index (χ3v) is 2.84. The molecule has 2 aromatic rings. The first-order valence-electron chi connectivity index (χ1n) is 6.61. The van der Waals surface area contributed by atoms with Gasteiger partial charge in [-0.1, -0.05) is 29.8 Å². The van der Waals surface area contributed by atoms with Crippen LogP contribution in [0.15, 0.2) is 48.5 Å². The highest BCUT2D eigenvalue weighted by atomic mass is 16.5. The number of benzene rings is 2. The fourth-order valence-electron chi connectivity index (χ4n) is 1.75. The molecule has 20 heavy (non-hydrogen) atoms. The van der Waals surface area contributed by atoms with Crippen molar-refractivity contribution in [2.45, 2.75) is 13.3 Å². The average molecular weight is 267 g/mol. The number of aryl methyl sites for hydroxylation is 1. The Morgan fingerprint density at radius 1 is 0.950 bits per heavy atom. The number of hydrogen-bond acceptors (Lipinski definition) is 3. The van der Waals surface area contributed by atoms with Gasteiger partial charge in [-0.25, -0.2) is 0 Å². The topological polar surface area (TPSA) is 42.2 Å². The Balaban J connectivity index is 1.72. The summed E-state index contributed by atoms with van der Waals surface area (Å²) in [7, 11) is 0. The fourth-order valence-corrected chi connectivity index (χ4v) is 1.75. The van der Waals surface area contributed by atoms with Crippen molar-refractivity contribution >= 4 is 0 Å². The van der Waals surface area contributed by atoms with Crippen LogP contribution in [0.2, 0.25) is 0 Å². The summed E-state index contributed by atoms with van der Waals surface area (Å²) in [6.45, 7) is 3.17. The lowest BCUT2D eigenvalue weighted by Crippen LogP contribution is -2.05. The van der Waals surface area contributed by atoms with Gasteiger partial charge in [0, 0.05) is 6.42 Å². The first-order chi connectivity index (χ1) is 9.79. The van der Waals surface area contributed by atoms with Crippen LogP contribution in [0.25, 0.3) is 0 Å². The Kier molecular flexibility index (Phi) is 5.02. The van der Waals surface area contributed by atoms with Crippen LogP contribution in [-0.2, 0) is 0 Å². The van der Waals surface area contributed by atoms with Crippen LogP contribution in [0.1, 0.15) is 17.5 Å². The summed E-state index contributed by atoms with van der Waals surface area (Å²) in [5.41, 5.74) is 1.78. The normalized spacial score (nSPS) is 9.80. The summed E-state index contributed by atoms with van der Waals surface area (Å²) >= 11 is 0. The first-order valence-corrected chi connectivity index (χ1v) is 6.61. The quantitative estimate of drug-likeness (QED) is 0.749. The Bertz CT molecular complexity index is 585. The monoisotopic (exact) mass is 267 g/mol. The van der Waals surface area contributed by atoms with Crippen LogP contribution in [0.3, 0.4) is 0 Å². The summed E-state index contributed by atoms with van der Waals surface area (Å²) in [6, 6.07) is 17.3. The second kappa shape index (κ2) is 7.20. The molecular formula is C17H17NO2. The van der Waals surface area contributed by atoms with Crippen molar-refractivity contribution in [3.8, 4) is 17.6 Å². The number of nitriles is 1. The molecule has 0 bridgehead atoms. The maximum Gasteiger partial charge on any atom is 0.137 e. The SMILES string of the molecule is Cc1ccc(OCCCOc2ccccc2C#N)cc1. The van der Waals surface area contributed by atoms with Crippen LogP contribution >= 0.6 is 0 Å².